The molecule has 5 rings (SSSR count). The molecule has 1 saturated heterocycles. The van der Waals surface area contributed by atoms with E-state index in [1.165, 1.54) is 12.1 Å². The number of aromatic amines is 1. The molecule has 0 radical (unpaired) electrons. The molecule has 0 unspecified atom stereocenters. The second kappa shape index (κ2) is 9.24. The van der Waals surface area contributed by atoms with Gasteiger partial charge < -0.3 is 20.4 Å². The van der Waals surface area contributed by atoms with E-state index in [1.807, 2.05) is 30.3 Å². The molecule has 0 bridgehead atoms. The molecule has 0 aliphatic carbocycles. The molecule has 9 heteroatoms. The second-order valence-electron chi connectivity index (χ2n) is 7.87. The number of nitrogen functional groups attached to an aromatic ring is 1. The zero-order valence-corrected chi connectivity index (χ0v) is 18.8. The van der Waals surface area contributed by atoms with E-state index in [0.29, 0.717) is 36.7 Å². The highest BCUT2D eigenvalue weighted by Gasteiger charge is 2.30. The fraction of sp³-hybridized carbons (Fsp3) is 0.160. The average molecular weight is 478 g/mol. The Bertz CT molecular complexity index is 1310. The van der Waals surface area contributed by atoms with Crippen molar-refractivity contribution in [1.82, 2.24) is 19.9 Å². The van der Waals surface area contributed by atoms with Gasteiger partial charge in [0.25, 0.3) is 5.91 Å². The van der Waals surface area contributed by atoms with Gasteiger partial charge in [0.05, 0.1) is 35.5 Å². The molecule has 7 nitrogen and oxygen atoms in total. The van der Waals surface area contributed by atoms with Crippen LogP contribution in [0.15, 0.2) is 66.9 Å². The van der Waals surface area contributed by atoms with Gasteiger partial charge >= 0.3 is 0 Å². The molecule has 172 valence electrons. The van der Waals surface area contributed by atoms with Crippen molar-refractivity contribution in [3.8, 4) is 22.6 Å². The first kappa shape index (κ1) is 22.1. The van der Waals surface area contributed by atoms with Crippen LogP contribution < -0.4 is 5.73 Å². The lowest BCUT2D eigenvalue weighted by molar-refractivity contribution is -0.00300. The number of benzene rings is 2. The van der Waals surface area contributed by atoms with Gasteiger partial charge in [0, 0.05) is 18.3 Å². The summed E-state index contributed by atoms with van der Waals surface area (Å²) in [6, 6.07) is 17.4. The number of pyridine rings is 1. The van der Waals surface area contributed by atoms with Gasteiger partial charge in [-0.25, -0.2) is 9.37 Å². The molecular formula is C25H21ClFN5O2. The number of carbonyl (C=O) groups excluding carboxylic acids is 1. The third-order valence-corrected chi connectivity index (χ3v) is 6.09. The van der Waals surface area contributed by atoms with E-state index in [0.717, 1.165) is 5.56 Å². The number of nitrogens with zero attached hydrogens (tertiary/aromatic N) is 3. The molecule has 1 aliphatic heterocycles. The molecule has 4 aromatic rings. The fourth-order valence-corrected chi connectivity index (χ4v) is 4.32. The molecule has 2 aromatic carbocycles. The minimum absolute atomic E-state index is 0.140. The molecule has 34 heavy (non-hydrogen) atoms. The lowest BCUT2D eigenvalue weighted by atomic mass is 10.0. The van der Waals surface area contributed by atoms with Crippen LogP contribution in [-0.2, 0) is 4.74 Å². The van der Waals surface area contributed by atoms with Gasteiger partial charge in [0.2, 0.25) is 0 Å². The number of aromatic nitrogens is 3. The number of hydrogen-bond acceptors (Lipinski definition) is 5. The first-order chi connectivity index (χ1) is 16.5. The molecular weight excluding hydrogens is 457 g/mol. The van der Waals surface area contributed by atoms with Crippen LogP contribution in [0.1, 0.15) is 22.1 Å². The number of ether oxygens (including phenoxy) is 1. The van der Waals surface area contributed by atoms with Crippen molar-refractivity contribution in [3.63, 3.8) is 0 Å². The van der Waals surface area contributed by atoms with Crippen LogP contribution >= 0.6 is 11.6 Å². The second-order valence-corrected chi connectivity index (χ2v) is 8.28. The molecule has 1 atom stereocenters. The molecule has 3 N–H and O–H groups in total. The first-order valence-corrected chi connectivity index (χ1v) is 11.1. The van der Waals surface area contributed by atoms with Gasteiger partial charge in [-0.1, -0.05) is 48.0 Å². The number of morpholine rings is 1. The molecule has 3 heterocycles. The van der Waals surface area contributed by atoms with Crippen LogP contribution in [0.4, 0.5) is 10.2 Å². The van der Waals surface area contributed by atoms with E-state index in [-0.39, 0.29) is 34.2 Å². The molecule has 0 spiro atoms. The molecule has 1 aliphatic rings. The van der Waals surface area contributed by atoms with Gasteiger partial charge in [0.1, 0.15) is 23.2 Å². The van der Waals surface area contributed by atoms with E-state index in [4.69, 9.17) is 22.1 Å². The summed E-state index contributed by atoms with van der Waals surface area (Å²) in [5, 5.41) is 0.220. The van der Waals surface area contributed by atoms with Crippen LogP contribution in [0, 0.1) is 5.82 Å². The maximum atomic E-state index is 14.3. The van der Waals surface area contributed by atoms with Crippen LogP contribution in [0.3, 0.4) is 0 Å². The zero-order valence-electron chi connectivity index (χ0n) is 18.0. The SMILES string of the molecule is Nc1nc(-c2c(F)cccc2Cl)[nH]c1-c1ccc(C(=O)N2CCOC[C@@H]2c2ccccc2)nc1. The maximum Gasteiger partial charge on any atom is 0.273 e. The molecule has 1 fully saturated rings. The standard InChI is InChI=1S/C25H21ClFN5O2/c26-17-7-4-8-18(27)21(17)24-30-22(23(28)31-24)16-9-10-19(29-13-16)25(33)32-11-12-34-14-20(32)15-5-2-1-3-6-15/h1-10,13,20H,11-12,14,28H2,(H,30,31)/t20-/m1/s1. The Morgan fingerprint density at radius 1 is 1.15 bits per heavy atom. The van der Waals surface area contributed by atoms with Gasteiger partial charge in [-0.2, -0.15) is 0 Å². The largest absolute Gasteiger partial charge is 0.382 e. The van der Waals surface area contributed by atoms with Gasteiger partial charge in [-0.05, 0) is 29.8 Å². The van der Waals surface area contributed by atoms with Crippen molar-refractivity contribution in [2.24, 2.45) is 0 Å². The minimum Gasteiger partial charge on any atom is -0.382 e. The summed E-state index contributed by atoms with van der Waals surface area (Å²) in [6.07, 6.45) is 1.54. The fourth-order valence-electron chi connectivity index (χ4n) is 4.06. The number of anilines is 1. The highest BCUT2D eigenvalue weighted by atomic mass is 35.5. The van der Waals surface area contributed by atoms with Gasteiger partial charge in [-0.3, -0.25) is 9.78 Å². The van der Waals surface area contributed by atoms with Crippen molar-refractivity contribution >= 4 is 23.3 Å². The van der Waals surface area contributed by atoms with Gasteiger partial charge in [0.15, 0.2) is 0 Å². The Labute approximate surface area is 200 Å². The summed E-state index contributed by atoms with van der Waals surface area (Å²) in [4.78, 5) is 26.7. The summed E-state index contributed by atoms with van der Waals surface area (Å²) in [7, 11) is 0. The minimum atomic E-state index is -0.509. The Kier molecular flexibility index (Phi) is 6.00. The summed E-state index contributed by atoms with van der Waals surface area (Å²) in [5.41, 5.74) is 8.62. The van der Waals surface area contributed by atoms with E-state index >= 15 is 0 Å². The van der Waals surface area contributed by atoms with Crippen LogP contribution in [0.2, 0.25) is 5.02 Å². The number of H-pyrrole nitrogens is 1. The predicted molar refractivity (Wildman–Crippen MR) is 128 cm³/mol. The summed E-state index contributed by atoms with van der Waals surface area (Å²) >= 11 is 6.15. The Balaban J connectivity index is 1.41. The number of carbonyl (C=O) groups is 1. The monoisotopic (exact) mass is 477 g/mol. The van der Waals surface area contributed by atoms with E-state index in [1.54, 1.807) is 29.3 Å². The van der Waals surface area contributed by atoms with Crippen molar-refractivity contribution < 1.29 is 13.9 Å². The van der Waals surface area contributed by atoms with Crippen molar-refractivity contribution in [2.75, 3.05) is 25.5 Å². The number of imidazole rings is 1. The van der Waals surface area contributed by atoms with Gasteiger partial charge in [-0.15, -0.1) is 0 Å². The van der Waals surface area contributed by atoms with Crippen LogP contribution in [0.25, 0.3) is 22.6 Å². The third kappa shape index (κ3) is 4.13. The number of hydrogen-bond donors (Lipinski definition) is 2. The normalized spacial score (nSPS) is 15.9. The van der Waals surface area contributed by atoms with Crippen molar-refractivity contribution in [1.29, 1.82) is 0 Å². The Morgan fingerprint density at radius 3 is 2.71 bits per heavy atom. The zero-order chi connectivity index (χ0) is 23.7. The number of halogens is 2. The topological polar surface area (TPSA) is 97.1 Å². The molecule has 2 aromatic heterocycles. The highest BCUT2D eigenvalue weighted by Crippen LogP contribution is 2.33. The van der Waals surface area contributed by atoms with Crippen molar-refractivity contribution in [3.05, 3.63) is 89.0 Å². The predicted octanol–water partition coefficient (Wildman–Crippen LogP) is 4.73. The Hall–Kier alpha value is -3.75. The van der Waals surface area contributed by atoms with Crippen molar-refractivity contribution in [2.45, 2.75) is 6.04 Å². The molecule has 0 saturated carbocycles. The third-order valence-electron chi connectivity index (χ3n) is 5.78. The highest BCUT2D eigenvalue weighted by molar-refractivity contribution is 6.33. The van der Waals surface area contributed by atoms with E-state index < -0.39 is 5.82 Å². The number of amides is 1. The van der Waals surface area contributed by atoms with Crippen LogP contribution in [0.5, 0.6) is 0 Å². The number of nitrogens with one attached hydrogen (secondary N) is 1. The lowest BCUT2D eigenvalue weighted by Crippen LogP contribution is -2.43. The summed E-state index contributed by atoms with van der Waals surface area (Å²) in [5.74, 6) is -0.298. The Morgan fingerprint density at radius 2 is 1.97 bits per heavy atom. The number of nitrogens with two attached hydrogens (primary N) is 1. The molecule has 1 amide bonds. The van der Waals surface area contributed by atoms with Crippen LogP contribution in [-0.4, -0.2) is 45.5 Å². The summed E-state index contributed by atoms with van der Waals surface area (Å²) in [6.45, 7) is 1.38. The summed E-state index contributed by atoms with van der Waals surface area (Å²) < 4.78 is 19.9. The maximum absolute atomic E-state index is 14.3. The first-order valence-electron chi connectivity index (χ1n) is 10.7. The van der Waals surface area contributed by atoms with E-state index in [9.17, 15) is 9.18 Å². The van der Waals surface area contributed by atoms with E-state index in [2.05, 4.69) is 15.0 Å². The number of rotatable bonds is 4. The smallest absolute Gasteiger partial charge is 0.273 e. The quantitative estimate of drug-likeness (QED) is 0.443. The average Bonchev–Trinajstić information content (AvgIpc) is 3.25. The lowest BCUT2D eigenvalue weighted by Gasteiger charge is -2.35.